The van der Waals surface area contributed by atoms with Crippen LogP contribution in [0, 0.1) is 0 Å². The molecule has 302 valence electrons. The number of para-hydroxylation sites is 1. The summed E-state index contributed by atoms with van der Waals surface area (Å²) in [5.41, 5.74) is 14.7. The third-order valence-corrected chi connectivity index (χ3v) is 13.0. The predicted molar refractivity (Wildman–Crippen MR) is 271 cm³/mol. The van der Waals surface area contributed by atoms with Crippen molar-refractivity contribution in [2.45, 2.75) is 0 Å². The molecule has 0 aliphatic heterocycles. The van der Waals surface area contributed by atoms with Crippen LogP contribution in [0.15, 0.2) is 231 Å². The molecule has 0 N–H and O–H groups in total. The van der Waals surface area contributed by atoms with E-state index < -0.39 is 0 Å². The van der Waals surface area contributed by atoms with E-state index in [2.05, 4.69) is 229 Å². The Morgan fingerprint density at radius 3 is 1.48 bits per heavy atom. The lowest BCUT2D eigenvalue weighted by atomic mass is 9.93. The van der Waals surface area contributed by atoms with Gasteiger partial charge in [-0.15, -0.1) is 0 Å². The number of hydrogen-bond acceptors (Lipinski definition) is 3. The van der Waals surface area contributed by atoms with E-state index in [9.17, 15) is 0 Å². The van der Waals surface area contributed by atoms with Crippen molar-refractivity contribution in [2.75, 3.05) is 0 Å². The lowest BCUT2D eigenvalue weighted by molar-refractivity contribution is 0.918. The molecule has 3 aromatic heterocycles. The molecule has 65 heavy (non-hydrogen) atoms. The standard InChI is InChI=1S/C61H38N4/c1-4-12-40(13-5-1)54-38-46-16-10-11-19-53(46)61-57(54)58(64-65(61)50-17-8-3-9-18-50)42-22-20-39(21-23-42)45-28-32-51-47(36-45)26-27-48-37-49(29-33-52(48)51)56-35-31-44-25-24-43-30-34-55(41-14-6-2-7-15-41)62-59(43)60(44)63-56/h1-38H. The van der Waals surface area contributed by atoms with E-state index in [4.69, 9.17) is 15.1 Å². The fourth-order valence-electron chi connectivity index (χ4n) is 9.72. The van der Waals surface area contributed by atoms with Crippen molar-refractivity contribution in [3.05, 3.63) is 231 Å². The summed E-state index contributed by atoms with van der Waals surface area (Å²) in [5.74, 6) is 0. The summed E-state index contributed by atoms with van der Waals surface area (Å²) in [5, 5.41) is 15.9. The number of fused-ring (bicyclic) bond motifs is 9. The number of nitrogens with zero attached hydrogens (tertiary/aromatic N) is 4. The zero-order valence-electron chi connectivity index (χ0n) is 35.2. The number of hydrogen-bond donors (Lipinski definition) is 0. The first-order valence-electron chi connectivity index (χ1n) is 22.1. The molecular weight excluding hydrogens is 789 g/mol. The van der Waals surface area contributed by atoms with Gasteiger partial charge in [0.25, 0.3) is 0 Å². The summed E-state index contributed by atoms with van der Waals surface area (Å²) in [6.45, 7) is 0. The Labute approximate surface area is 375 Å². The Bertz CT molecular complexity index is 3970. The average Bonchev–Trinajstić information content (AvgIpc) is 3.80. The lowest BCUT2D eigenvalue weighted by Gasteiger charge is -2.11. The molecule has 10 aromatic carbocycles. The third-order valence-electron chi connectivity index (χ3n) is 13.0. The Balaban J connectivity index is 0.864. The molecule has 0 saturated carbocycles. The average molecular weight is 827 g/mol. The van der Waals surface area contributed by atoms with Gasteiger partial charge in [-0.05, 0) is 91.6 Å². The van der Waals surface area contributed by atoms with Crippen molar-refractivity contribution >= 4 is 65.0 Å². The van der Waals surface area contributed by atoms with Gasteiger partial charge in [0.05, 0.1) is 33.6 Å². The SMILES string of the molecule is c1ccc(-c2ccc3ccc4ccc(-c5ccc6c(ccc7cc(-c8ccc(-c9nn(-c%10ccccc%10)c%10c9c(-c9ccccc9)cc9ccccc9%10)cc8)ccc76)c5)nc4c3n2)cc1. The molecule has 0 unspecified atom stereocenters. The maximum absolute atomic E-state index is 5.41. The van der Waals surface area contributed by atoms with E-state index in [-0.39, 0.29) is 0 Å². The molecule has 0 aliphatic rings. The van der Waals surface area contributed by atoms with Crippen LogP contribution >= 0.6 is 0 Å². The van der Waals surface area contributed by atoms with Crippen molar-refractivity contribution < 1.29 is 0 Å². The highest BCUT2D eigenvalue weighted by molar-refractivity contribution is 6.17. The molecular formula is C61H38N4. The van der Waals surface area contributed by atoms with Gasteiger partial charge in [0.15, 0.2) is 0 Å². The normalized spacial score (nSPS) is 11.7. The van der Waals surface area contributed by atoms with Gasteiger partial charge in [0, 0.05) is 38.2 Å². The highest BCUT2D eigenvalue weighted by Crippen LogP contribution is 2.42. The molecule has 0 saturated heterocycles. The van der Waals surface area contributed by atoms with E-state index in [0.717, 1.165) is 77.7 Å². The third kappa shape index (κ3) is 6.26. The Morgan fingerprint density at radius 2 is 0.800 bits per heavy atom. The van der Waals surface area contributed by atoms with Crippen LogP contribution in [-0.2, 0) is 0 Å². The first kappa shape index (κ1) is 36.9. The minimum Gasteiger partial charge on any atom is -0.245 e. The molecule has 0 fully saturated rings. The zero-order valence-corrected chi connectivity index (χ0v) is 35.2. The number of aromatic nitrogens is 4. The minimum atomic E-state index is 0.915. The summed E-state index contributed by atoms with van der Waals surface area (Å²) in [6, 6.07) is 82.2. The quantitative estimate of drug-likeness (QED) is 0.157. The molecule has 0 atom stereocenters. The Hall–Kier alpha value is -8.73. The minimum absolute atomic E-state index is 0.915. The van der Waals surface area contributed by atoms with Crippen LogP contribution in [0.1, 0.15) is 0 Å². The van der Waals surface area contributed by atoms with Crippen LogP contribution in [0.4, 0.5) is 0 Å². The van der Waals surface area contributed by atoms with E-state index in [1.807, 2.05) is 6.07 Å². The van der Waals surface area contributed by atoms with E-state index in [1.54, 1.807) is 0 Å². The number of benzene rings is 10. The van der Waals surface area contributed by atoms with Crippen LogP contribution < -0.4 is 0 Å². The summed E-state index contributed by atoms with van der Waals surface area (Å²) < 4.78 is 2.13. The highest BCUT2D eigenvalue weighted by atomic mass is 15.3. The highest BCUT2D eigenvalue weighted by Gasteiger charge is 2.21. The molecule has 4 heteroatoms. The van der Waals surface area contributed by atoms with Crippen LogP contribution in [0.5, 0.6) is 0 Å². The molecule has 0 radical (unpaired) electrons. The van der Waals surface area contributed by atoms with Gasteiger partial charge in [-0.2, -0.15) is 5.10 Å². The maximum Gasteiger partial charge on any atom is 0.101 e. The maximum atomic E-state index is 5.41. The second kappa shape index (κ2) is 15.0. The first-order chi connectivity index (χ1) is 32.2. The molecule has 0 spiro atoms. The van der Waals surface area contributed by atoms with Gasteiger partial charge >= 0.3 is 0 Å². The van der Waals surface area contributed by atoms with Crippen molar-refractivity contribution in [3.8, 4) is 61.7 Å². The molecule has 13 rings (SSSR count). The van der Waals surface area contributed by atoms with Crippen molar-refractivity contribution in [1.82, 2.24) is 19.7 Å². The molecule has 3 heterocycles. The zero-order chi connectivity index (χ0) is 42.8. The van der Waals surface area contributed by atoms with Gasteiger partial charge in [-0.25, -0.2) is 14.6 Å². The summed E-state index contributed by atoms with van der Waals surface area (Å²) in [4.78, 5) is 10.4. The first-order valence-corrected chi connectivity index (χ1v) is 22.1. The van der Waals surface area contributed by atoms with Crippen molar-refractivity contribution in [3.63, 3.8) is 0 Å². The number of pyridine rings is 2. The van der Waals surface area contributed by atoms with E-state index in [1.165, 1.54) is 49.0 Å². The monoisotopic (exact) mass is 826 g/mol. The largest absolute Gasteiger partial charge is 0.245 e. The van der Waals surface area contributed by atoms with Gasteiger partial charge in [0.2, 0.25) is 0 Å². The molecule has 0 bridgehead atoms. The summed E-state index contributed by atoms with van der Waals surface area (Å²) in [6.07, 6.45) is 0. The van der Waals surface area contributed by atoms with Crippen LogP contribution in [0.2, 0.25) is 0 Å². The van der Waals surface area contributed by atoms with Crippen LogP contribution in [0.3, 0.4) is 0 Å². The lowest BCUT2D eigenvalue weighted by Crippen LogP contribution is -1.96. The van der Waals surface area contributed by atoms with Gasteiger partial charge in [0.1, 0.15) is 5.69 Å². The molecule has 13 aromatic rings. The van der Waals surface area contributed by atoms with Crippen molar-refractivity contribution in [1.29, 1.82) is 0 Å². The number of rotatable bonds is 6. The summed E-state index contributed by atoms with van der Waals surface area (Å²) in [7, 11) is 0. The molecule has 0 aliphatic carbocycles. The molecule has 0 amide bonds. The Morgan fingerprint density at radius 1 is 0.308 bits per heavy atom. The fourth-order valence-corrected chi connectivity index (χ4v) is 9.72. The Kier molecular flexibility index (Phi) is 8.50. The van der Waals surface area contributed by atoms with Crippen LogP contribution in [-0.4, -0.2) is 19.7 Å². The van der Waals surface area contributed by atoms with Crippen molar-refractivity contribution in [2.24, 2.45) is 0 Å². The van der Waals surface area contributed by atoms with Crippen LogP contribution in [0.25, 0.3) is 127 Å². The second-order valence-corrected chi connectivity index (χ2v) is 16.8. The fraction of sp³-hybridized carbons (Fsp3) is 0. The summed E-state index contributed by atoms with van der Waals surface area (Å²) >= 11 is 0. The molecule has 4 nitrogen and oxygen atoms in total. The smallest absolute Gasteiger partial charge is 0.101 e. The van der Waals surface area contributed by atoms with E-state index >= 15 is 0 Å². The van der Waals surface area contributed by atoms with Gasteiger partial charge in [-0.3, -0.25) is 0 Å². The second-order valence-electron chi connectivity index (χ2n) is 16.8. The topological polar surface area (TPSA) is 43.6 Å². The van der Waals surface area contributed by atoms with Gasteiger partial charge in [-0.1, -0.05) is 188 Å². The predicted octanol–water partition coefficient (Wildman–Crippen LogP) is 15.9. The van der Waals surface area contributed by atoms with E-state index in [0.29, 0.717) is 0 Å². The van der Waals surface area contributed by atoms with Gasteiger partial charge < -0.3 is 0 Å².